The van der Waals surface area contributed by atoms with Crippen molar-refractivity contribution in [1.29, 1.82) is 0 Å². The summed E-state index contributed by atoms with van der Waals surface area (Å²) in [6, 6.07) is 9.82. The second kappa shape index (κ2) is 11.2. The van der Waals surface area contributed by atoms with Crippen LogP contribution in [-0.4, -0.2) is 70.5 Å². The lowest BCUT2D eigenvalue weighted by atomic mass is 10.2. The molecule has 0 saturated carbocycles. The van der Waals surface area contributed by atoms with Gasteiger partial charge in [0.15, 0.2) is 0 Å². The van der Waals surface area contributed by atoms with E-state index < -0.39 is 36.9 Å². The highest BCUT2D eigenvalue weighted by Crippen LogP contribution is 2.25. The maximum Gasteiger partial charge on any atom is 0.271 e. The predicted molar refractivity (Wildman–Crippen MR) is 133 cm³/mol. The highest BCUT2D eigenvalue weighted by molar-refractivity contribution is 7.92. The third kappa shape index (κ3) is 6.50. The van der Waals surface area contributed by atoms with E-state index in [4.69, 9.17) is 4.74 Å². The predicted octanol–water partition coefficient (Wildman–Crippen LogP) is 1.73. The average Bonchev–Trinajstić information content (AvgIpc) is 3.37. The first-order valence-corrected chi connectivity index (χ1v) is 14.4. The quantitative estimate of drug-likeness (QED) is 0.257. The van der Waals surface area contributed by atoms with Crippen molar-refractivity contribution in [2.24, 2.45) is 0 Å². The second-order valence-corrected chi connectivity index (χ2v) is 12.0. The molecule has 2 aromatic rings. The van der Waals surface area contributed by atoms with Gasteiger partial charge in [-0.3, -0.25) is 19.2 Å². The van der Waals surface area contributed by atoms with Crippen LogP contribution in [0.25, 0.3) is 0 Å². The lowest BCUT2D eigenvalue weighted by Crippen LogP contribution is -2.48. The number of sulfonamides is 2. The Morgan fingerprint density at radius 2 is 1.78 bits per heavy atom. The van der Waals surface area contributed by atoms with Crippen molar-refractivity contribution in [3.63, 3.8) is 0 Å². The topological polar surface area (TPSA) is 156 Å². The fourth-order valence-corrected chi connectivity index (χ4v) is 6.51. The summed E-state index contributed by atoms with van der Waals surface area (Å²) in [6.45, 7) is 2.48. The molecule has 1 aliphatic heterocycles. The number of nitro benzene ring substituents is 1. The van der Waals surface area contributed by atoms with Crippen LogP contribution in [0.2, 0.25) is 0 Å². The van der Waals surface area contributed by atoms with E-state index in [0.717, 1.165) is 29.5 Å². The first-order valence-electron chi connectivity index (χ1n) is 11.2. The highest BCUT2D eigenvalue weighted by Gasteiger charge is 2.30. The smallest absolute Gasteiger partial charge is 0.271 e. The van der Waals surface area contributed by atoms with Gasteiger partial charge >= 0.3 is 0 Å². The van der Waals surface area contributed by atoms with Gasteiger partial charge in [0.2, 0.25) is 26.0 Å². The van der Waals surface area contributed by atoms with Crippen LogP contribution in [0.5, 0.6) is 5.75 Å². The molecule has 1 saturated heterocycles. The Morgan fingerprint density at radius 1 is 1.14 bits per heavy atom. The van der Waals surface area contributed by atoms with E-state index in [2.05, 4.69) is 5.32 Å². The molecule has 1 N–H and O–H groups in total. The molecule has 1 fully saturated rings. The zero-order valence-corrected chi connectivity index (χ0v) is 21.5. The van der Waals surface area contributed by atoms with E-state index in [-0.39, 0.29) is 29.4 Å². The van der Waals surface area contributed by atoms with E-state index >= 15 is 0 Å². The number of hydrogen-bond donors (Lipinski definition) is 1. The van der Waals surface area contributed by atoms with Gasteiger partial charge in [-0.1, -0.05) is 6.07 Å². The van der Waals surface area contributed by atoms with Crippen LogP contribution < -0.4 is 14.4 Å². The Hall–Kier alpha value is -3.23. The van der Waals surface area contributed by atoms with Crippen LogP contribution in [0.1, 0.15) is 19.8 Å². The van der Waals surface area contributed by atoms with Crippen molar-refractivity contribution in [1.82, 2.24) is 9.62 Å². The number of non-ortho nitro benzene ring substituents is 1. The third-order valence-corrected chi connectivity index (χ3v) is 8.73. The standard InChI is InChI=1S/C22H28N4O8S2/c1-17(25(35(2,30)31)18-6-5-7-19(16-18)26(28)29)22(27)23-12-15-34-20-8-10-21(11-9-20)36(32,33)24-13-3-4-14-24/h5-11,16-17H,3-4,12-15H2,1-2H3,(H,23,27)/t17-/m1/s1. The van der Waals surface area contributed by atoms with Gasteiger partial charge < -0.3 is 10.1 Å². The molecule has 12 nitrogen and oxygen atoms in total. The van der Waals surface area contributed by atoms with E-state index in [9.17, 15) is 31.7 Å². The fourth-order valence-electron chi connectivity index (χ4n) is 3.83. The summed E-state index contributed by atoms with van der Waals surface area (Å²) in [5.74, 6) is -0.213. The lowest BCUT2D eigenvalue weighted by molar-refractivity contribution is -0.384. The maximum absolute atomic E-state index is 12.6. The Bertz CT molecular complexity index is 1310. The van der Waals surface area contributed by atoms with Crippen molar-refractivity contribution in [2.45, 2.75) is 30.7 Å². The largest absolute Gasteiger partial charge is 0.492 e. The number of benzene rings is 2. The van der Waals surface area contributed by atoms with Gasteiger partial charge in [0.25, 0.3) is 5.69 Å². The number of ether oxygens (including phenoxy) is 1. The molecule has 0 aromatic heterocycles. The average molecular weight is 541 g/mol. The molecule has 1 atom stereocenters. The Balaban J connectivity index is 1.57. The first kappa shape index (κ1) is 27.4. The molecule has 0 bridgehead atoms. The van der Waals surface area contributed by atoms with Crippen LogP contribution in [0.3, 0.4) is 0 Å². The number of rotatable bonds is 11. The van der Waals surface area contributed by atoms with Gasteiger partial charge in [-0.25, -0.2) is 16.8 Å². The molecule has 0 unspecified atom stereocenters. The molecule has 1 aliphatic rings. The van der Waals surface area contributed by atoms with Gasteiger partial charge in [-0.15, -0.1) is 0 Å². The molecule has 2 aromatic carbocycles. The van der Waals surface area contributed by atoms with Crippen LogP contribution in [0.15, 0.2) is 53.4 Å². The van der Waals surface area contributed by atoms with Crippen LogP contribution in [0, 0.1) is 10.1 Å². The van der Waals surface area contributed by atoms with Crippen molar-refractivity contribution in [3.05, 3.63) is 58.6 Å². The molecule has 0 radical (unpaired) electrons. The first-order chi connectivity index (χ1) is 16.9. The summed E-state index contributed by atoms with van der Waals surface area (Å²) in [5.41, 5.74) is -0.309. The van der Waals surface area contributed by atoms with Crippen LogP contribution in [-0.2, 0) is 24.8 Å². The second-order valence-electron chi connectivity index (χ2n) is 8.23. The minimum absolute atomic E-state index is 0.00503. The minimum Gasteiger partial charge on any atom is -0.492 e. The number of nitro groups is 1. The molecular formula is C22H28N4O8S2. The Labute approximate surface area is 210 Å². The minimum atomic E-state index is -3.93. The number of carbonyl (C=O) groups is 1. The zero-order valence-electron chi connectivity index (χ0n) is 19.9. The lowest BCUT2D eigenvalue weighted by Gasteiger charge is -2.28. The fraction of sp³-hybridized carbons (Fsp3) is 0.409. The van der Waals surface area contributed by atoms with E-state index in [0.29, 0.717) is 18.8 Å². The van der Waals surface area contributed by atoms with Gasteiger partial charge in [-0.2, -0.15) is 4.31 Å². The number of amides is 1. The van der Waals surface area contributed by atoms with Crippen molar-refractivity contribution in [2.75, 3.05) is 36.8 Å². The molecule has 1 amide bonds. The van der Waals surface area contributed by atoms with Gasteiger partial charge in [0, 0.05) is 25.2 Å². The third-order valence-electron chi connectivity index (χ3n) is 5.58. The van der Waals surface area contributed by atoms with Crippen LogP contribution in [0.4, 0.5) is 11.4 Å². The monoisotopic (exact) mass is 540 g/mol. The summed E-state index contributed by atoms with van der Waals surface area (Å²) >= 11 is 0. The van der Waals surface area contributed by atoms with E-state index in [1.54, 1.807) is 0 Å². The molecular weight excluding hydrogens is 512 g/mol. The number of nitrogens with one attached hydrogen (secondary N) is 1. The highest BCUT2D eigenvalue weighted by atomic mass is 32.2. The molecule has 3 rings (SSSR count). The number of carbonyl (C=O) groups excluding carboxylic acids is 1. The van der Waals surface area contributed by atoms with Gasteiger partial charge in [0.1, 0.15) is 18.4 Å². The zero-order chi connectivity index (χ0) is 26.5. The van der Waals surface area contributed by atoms with E-state index in [1.165, 1.54) is 53.7 Å². The molecule has 196 valence electrons. The normalized spacial score (nSPS) is 15.3. The number of nitrogens with zero attached hydrogens (tertiary/aromatic N) is 3. The number of anilines is 1. The Kier molecular flexibility index (Phi) is 8.53. The van der Waals surface area contributed by atoms with Crippen molar-refractivity contribution >= 4 is 37.3 Å². The van der Waals surface area contributed by atoms with Gasteiger partial charge in [0.05, 0.1) is 28.3 Å². The summed E-state index contributed by atoms with van der Waals surface area (Å²) in [6.07, 6.45) is 2.60. The summed E-state index contributed by atoms with van der Waals surface area (Å²) < 4.78 is 57.7. The Morgan fingerprint density at radius 3 is 2.36 bits per heavy atom. The van der Waals surface area contributed by atoms with E-state index in [1.807, 2.05) is 0 Å². The number of hydrogen-bond acceptors (Lipinski definition) is 8. The molecule has 14 heteroatoms. The van der Waals surface area contributed by atoms with Gasteiger partial charge in [-0.05, 0) is 50.1 Å². The summed E-state index contributed by atoms with van der Waals surface area (Å²) in [5, 5.41) is 13.6. The molecule has 0 aliphatic carbocycles. The molecule has 36 heavy (non-hydrogen) atoms. The summed E-state index contributed by atoms with van der Waals surface area (Å²) in [4.78, 5) is 23.2. The van der Waals surface area contributed by atoms with Crippen molar-refractivity contribution < 1.29 is 31.3 Å². The molecule has 1 heterocycles. The molecule has 0 spiro atoms. The maximum atomic E-state index is 12.6. The van der Waals surface area contributed by atoms with Crippen molar-refractivity contribution in [3.8, 4) is 5.75 Å². The SMILES string of the molecule is C[C@H](C(=O)NCCOc1ccc(S(=O)(=O)N2CCCC2)cc1)N(c1cccc([N+](=O)[O-])c1)S(C)(=O)=O. The van der Waals surface area contributed by atoms with Crippen LogP contribution >= 0.6 is 0 Å². The summed E-state index contributed by atoms with van der Waals surface area (Å²) in [7, 11) is -7.46.